The third-order valence-electron chi connectivity index (χ3n) is 4.15. The van der Waals surface area contributed by atoms with Crippen LogP contribution in [0.2, 0.25) is 0 Å². The normalized spacial score (nSPS) is 24.3. The zero-order chi connectivity index (χ0) is 20.1. The fraction of sp³-hybridized carbons (Fsp3) is 0.917. The van der Waals surface area contributed by atoms with E-state index in [2.05, 4.69) is 0 Å². The molecule has 0 radical (unpaired) electrons. The molecule has 0 aromatic carbocycles. The summed E-state index contributed by atoms with van der Waals surface area (Å²) in [5.74, 6) is -33.1. The molecule has 0 aromatic heterocycles. The molecule has 25 heavy (non-hydrogen) atoms. The monoisotopic (exact) mass is 396 g/mol. The second-order valence-corrected chi connectivity index (χ2v) is 5.73. The first-order valence-electron chi connectivity index (χ1n) is 6.72. The van der Waals surface area contributed by atoms with Crippen LogP contribution in [-0.4, -0.2) is 40.9 Å². The molecule has 2 nitrogen and oxygen atoms in total. The first kappa shape index (κ1) is 21.7. The number of carboxylic acid groups (broad SMARTS) is 1. The highest BCUT2D eigenvalue weighted by Crippen LogP contribution is 2.60. The van der Waals surface area contributed by atoms with Crippen LogP contribution in [0.1, 0.15) is 25.7 Å². The van der Waals surface area contributed by atoms with Crippen LogP contribution in [-0.2, 0) is 4.79 Å². The number of aliphatic carboxylic acids is 1. The molecule has 0 saturated heterocycles. The average molecular weight is 396 g/mol. The summed E-state index contributed by atoms with van der Waals surface area (Å²) in [6.45, 7) is 0. The van der Waals surface area contributed by atoms with Crippen molar-refractivity contribution in [3.8, 4) is 0 Å². The molecule has 1 rings (SSSR count). The molecular formula is C12H11F11O2. The Bertz CT molecular complexity index is 504. The van der Waals surface area contributed by atoms with E-state index >= 15 is 0 Å². The number of halogens is 11. The Morgan fingerprint density at radius 3 is 1.40 bits per heavy atom. The Hall–Kier alpha value is -1.30. The van der Waals surface area contributed by atoms with E-state index in [0.29, 0.717) is 0 Å². The maximum atomic E-state index is 13.8. The van der Waals surface area contributed by atoms with E-state index in [4.69, 9.17) is 5.11 Å². The molecule has 0 aliphatic heterocycles. The van der Waals surface area contributed by atoms with Crippen molar-refractivity contribution in [2.45, 2.75) is 55.5 Å². The molecular weight excluding hydrogens is 385 g/mol. The summed E-state index contributed by atoms with van der Waals surface area (Å²) < 4.78 is 142. The van der Waals surface area contributed by atoms with E-state index in [9.17, 15) is 53.1 Å². The second-order valence-electron chi connectivity index (χ2n) is 5.73. The van der Waals surface area contributed by atoms with Crippen LogP contribution in [0.5, 0.6) is 0 Å². The number of hydrogen-bond donors (Lipinski definition) is 1. The van der Waals surface area contributed by atoms with Crippen LogP contribution in [0.4, 0.5) is 48.3 Å². The van der Waals surface area contributed by atoms with E-state index < -0.39 is 73.4 Å². The third-order valence-corrected chi connectivity index (χ3v) is 4.15. The van der Waals surface area contributed by atoms with Crippen molar-refractivity contribution in [2.75, 3.05) is 0 Å². The Balaban J connectivity index is 3.16. The van der Waals surface area contributed by atoms with Crippen molar-refractivity contribution in [2.24, 2.45) is 11.8 Å². The summed E-state index contributed by atoms with van der Waals surface area (Å²) in [5, 5.41) is 8.63. The van der Waals surface area contributed by atoms with Crippen molar-refractivity contribution in [3.63, 3.8) is 0 Å². The Morgan fingerprint density at radius 2 is 1.08 bits per heavy atom. The van der Waals surface area contributed by atoms with Gasteiger partial charge in [0, 0.05) is 5.92 Å². The molecule has 13 heteroatoms. The van der Waals surface area contributed by atoms with Crippen LogP contribution < -0.4 is 0 Å². The predicted octanol–water partition coefficient (Wildman–Crippen LogP) is 4.98. The van der Waals surface area contributed by atoms with Gasteiger partial charge in [-0.1, -0.05) is 0 Å². The molecule has 1 saturated carbocycles. The standard InChI is InChI=1S/C12H11F11O2/c13-8(14,6-3-1-5(2-4-6)7(24)25)9(15,16)10(17,18)11(19,20)12(21,22)23/h5-6H,1-4H2,(H,24,25). The largest absolute Gasteiger partial charge is 0.481 e. The summed E-state index contributed by atoms with van der Waals surface area (Å²) in [6, 6.07) is 0. The highest BCUT2D eigenvalue weighted by atomic mass is 19.4. The van der Waals surface area contributed by atoms with Crippen LogP contribution in [0.15, 0.2) is 0 Å². The minimum atomic E-state index is -7.41. The van der Waals surface area contributed by atoms with Gasteiger partial charge in [-0.2, -0.15) is 48.3 Å². The van der Waals surface area contributed by atoms with Crippen LogP contribution in [0.25, 0.3) is 0 Å². The van der Waals surface area contributed by atoms with Gasteiger partial charge in [0.15, 0.2) is 0 Å². The van der Waals surface area contributed by atoms with Gasteiger partial charge in [0.1, 0.15) is 0 Å². The lowest BCUT2D eigenvalue weighted by molar-refractivity contribution is -0.427. The minimum Gasteiger partial charge on any atom is -0.481 e. The molecule has 0 bridgehead atoms. The summed E-state index contributed by atoms with van der Waals surface area (Å²) in [6.07, 6.45) is -10.5. The highest BCUT2D eigenvalue weighted by Gasteiger charge is 2.87. The van der Waals surface area contributed by atoms with Gasteiger partial charge in [-0.05, 0) is 25.7 Å². The summed E-state index contributed by atoms with van der Waals surface area (Å²) in [7, 11) is 0. The van der Waals surface area contributed by atoms with Crippen LogP contribution >= 0.6 is 0 Å². The molecule has 1 N–H and O–H groups in total. The zero-order valence-electron chi connectivity index (χ0n) is 12.0. The lowest BCUT2D eigenvalue weighted by Crippen LogP contribution is -2.67. The van der Waals surface area contributed by atoms with Crippen LogP contribution in [0, 0.1) is 11.8 Å². The average Bonchev–Trinajstić information content (AvgIpc) is 2.45. The number of carbonyl (C=O) groups is 1. The van der Waals surface area contributed by atoms with Crippen molar-refractivity contribution < 1.29 is 58.2 Å². The number of alkyl halides is 11. The lowest BCUT2D eigenvalue weighted by Gasteiger charge is -2.41. The fourth-order valence-electron chi connectivity index (χ4n) is 2.54. The SMILES string of the molecule is O=C(O)C1CCC(C(F)(F)C(F)(F)C(F)(F)C(F)(F)C(F)(F)F)CC1. The molecule has 0 amide bonds. The van der Waals surface area contributed by atoms with Gasteiger partial charge in [0.2, 0.25) is 0 Å². The first-order chi connectivity index (χ1) is 10.9. The van der Waals surface area contributed by atoms with Crippen molar-refractivity contribution in [1.82, 2.24) is 0 Å². The van der Waals surface area contributed by atoms with E-state index in [1.807, 2.05) is 0 Å². The van der Waals surface area contributed by atoms with Gasteiger partial charge in [0.25, 0.3) is 0 Å². The topological polar surface area (TPSA) is 37.3 Å². The summed E-state index contributed by atoms with van der Waals surface area (Å²) in [4.78, 5) is 10.6. The third kappa shape index (κ3) is 3.25. The summed E-state index contributed by atoms with van der Waals surface area (Å²) in [5.41, 5.74) is 0. The molecule has 1 fully saturated rings. The van der Waals surface area contributed by atoms with Crippen molar-refractivity contribution in [1.29, 1.82) is 0 Å². The second kappa shape index (κ2) is 6.15. The smallest absolute Gasteiger partial charge is 0.460 e. The number of hydrogen-bond acceptors (Lipinski definition) is 1. The van der Waals surface area contributed by atoms with E-state index in [0.717, 1.165) is 0 Å². The Kier molecular flexibility index (Phi) is 5.35. The van der Waals surface area contributed by atoms with Crippen LogP contribution in [0.3, 0.4) is 0 Å². The zero-order valence-corrected chi connectivity index (χ0v) is 12.0. The van der Waals surface area contributed by atoms with Gasteiger partial charge < -0.3 is 5.11 Å². The Labute approximate surface area is 133 Å². The van der Waals surface area contributed by atoms with E-state index in [1.165, 1.54) is 0 Å². The molecule has 0 spiro atoms. The molecule has 1 aliphatic rings. The molecule has 148 valence electrons. The number of carboxylic acids is 1. The quantitative estimate of drug-likeness (QED) is 0.666. The summed E-state index contributed by atoms with van der Waals surface area (Å²) >= 11 is 0. The molecule has 1 aliphatic carbocycles. The minimum absolute atomic E-state index is 0.632. The molecule has 0 atom stereocenters. The van der Waals surface area contributed by atoms with Gasteiger partial charge >= 0.3 is 35.8 Å². The molecule has 0 unspecified atom stereocenters. The fourth-order valence-corrected chi connectivity index (χ4v) is 2.54. The highest BCUT2D eigenvalue weighted by molar-refractivity contribution is 5.70. The molecule has 0 heterocycles. The van der Waals surface area contributed by atoms with Gasteiger partial charge in [-0.25, -0.2) is 0 Å². The van der Waals surface area contributed by atoms with Gasteiger partial charge in [0.05, 0.1) is 5.92 Å². The van der Waals surface area contributed by atoms with Gasteiger partial charge in [-0.15, -0.1) is 0 Å². The Morgan fingerprint density at radius 1 is 0.680 bits per heavy atom. The molecule has 0 aromatic rings. The van der Waals surface area contributed by atoms with Crippen molar-refractivity contribution >= 4 is 5.97 Å². The van der Waals surface area contributed by atoms with E-state index in [-0.39, 0.29) is 0 Å². The predicted molar refractivity (Wildman–Crippen MR) is 58.9 cm³/mol. The number of rotatable bonds is 5. The van der Waals surface area contributed by atoms with E-state index in [1.54, 1.807) is 0 Å². The maximum Gasteiger partial charge on any atom is 0.460 e. The first-order valence-corrected chi connectivity index (χ1v) is 6.72. The lowest BCUT2D eigenvalue weighted by atomic mass is 9.76. The van der Waals surface area contributed by atoms with Gasteiger partial charge in [-0.3, -0.25) is 4.79 Å². The maximum absolute atomic E-state index is 13.8. The van der Waals surface area contributed by atoms with Crippen molar-refractivity contribution in [3.05, 3.63) is 0 Å².